The monoisotopic (exact) mass is 866 g/mol. The number of nitrogens with zero attached hydrogens (tertiary/aromatic N) is 6. The van der Waals surface area contributed by atoms with Gasteiger partial charge in [-0.25, -0.2) is 9.97 Å². The Labute approximate surface area is 359 Å². The maximum atomic E-state index is 12.1. The van der Waals surface area contributed by atoms with Gasteiger partial charge in [-0.2, -0.15) is 0 Å². The predicted octanol–water partition coefficient (Wildman–Crippen LogP) is 5.73. The summed E-state index contributed by atoms with van der Waals surface area (Å²) >= 11 is 0. The third-order valence-corrected chi connectivity index (χ3v) is 9.15. The second-order valence-corrected chi connectivity index (χ2v) is 12.9. The second kappa shape index (κ2) is 27.3. The van der Waals surface area contributed by atoms with Crippen molar-refractivity contribution in [3.63, 3.8) is 0 Å². The van der Waals surface area contributed by atoms with E-state index in [0.29, 0.717) is 24.0 Å². The van der Waals surface area contributed by atoms with E-state index in [9.17, 15) is 19.2 Å². The maximum Gasteiger partial charge on any atom is 0.225 e. The van der Waals surface area contributed by atoms with E-state index in [1.165, 1.54) is 13.8 Å². The highest BCUT2D eigenvalue weighted by molar-refractivity contribution is 5.96. The molecule has 0 spiro atoms. The van der Waals surface area contributed by atoms with Crippen LogP contribution < -0.4 is 20.4 Å². The summed E-state index contributed by atoms with van der Waals surface area (Å²) in [6.45, 7) is 11.9. The molecule has 0 bridgehead atoms. The molecule has 2 fully saturated rings. The molecule has 2 aliphatic heterocycles. The lowest BCUT2D eigenvalue weighted by Gasteiger charge is -2.35. The number of pyridine rings is 2. The van der Waals surface area contributed by atoms with Crippen LogP contribution in [0.1, 0.15) is 47.4 Å². The highest BCUT2D eigenvalue weighted by Crippen LogP contribution is 2.15. The van der Waals surface area contributed by atoms with Crippen molar-refractivity contribution in [1.82, 2.24) is 19.8 Å². The SMILES string of the molecule is CC(=O)c1ccc(NC(=O)CCN2CCN(c3ccccn3)CC2)cc1.CC(=O)c1ccc(NC(=O)CCN2CCN(c3ccccn3)CC2)cc1.Cl.Cl.Cl.Cl.O. The van der Waals surface area contributed by atoms with Crippen LogP contribution >= 0.6 is 49.6 Å². The van der Waals surface area contributed by atoms with Crippen molar-refractivity contribution in [3.8, 4) is 0 Å². The van der Waals surface area contributed by atoms with Crippen molar-refractivity contribution in [2.45, 2.75) is 26.7 Å². The van der Waals surface area contributed by atoms with Crippen LogP contribution in [-0.2, 0) is 9.59 Å². The summed E-state index contributed by atoms with van der Waals surface area (Å²) in [5.41, 5.74) is 2.74. The number of benzene rings is 2. The molecule has 4 N–H and O–H groups in total. The number of Topliss-reactive ketones (excluding diaryl/α,β-unsaturated/α-hetero) is 2. The minimum absolute atomic E-state index is 0. The molecule has 312 valence electrons. The highest BCUT2D eigenvalue weighted by atomic mass is 35.5. The number of piperazine rings is 2. The van der Waals surface area contributed by atoms with Crippen molar-refractivity contribution in [1.29, 1.82) is 0 Å². The lowest BCUT2D eigenvalue weighted by molar-refractivity contribution is -0.117. The maximum absolute atomic E-state index is 12.1. The molecule has 2 aromatic carbocycles. The van der Waals surface area contributed by atoms with Gasteiger partial charge in [0.25, 0.3) is 0 Å². The number of hydrogen-bond acceptors (Lipinski definition) is 10. The first-order valence-electron chi connectivity index (χ1n) is 17.8. The number of ketones is 2. The van der Waals surface area contributed by atoms with Crippen LogP contribution in [0.25, 0.3) is 0 Å². The van der Waals surface area contributed by atoms with Crippen molar-refractivity contribution in [2.75, 3.05) is 85.9 Å². The Morgan fingerprint density at radius 3 is 1.12 bits per heavy atom. The summed E-state index contributed by atoms with van der Waals surface area (Å²) in [5, 5.41) is 5.77. The lowest BCUT2D eigenvalue weighted by Crippen LogP contribution is -2.47. The van der Waals surface area contributed by atoms with E-state index in [4.69, 9.17) is 0 Å². The molecule has 0 aliphatic carbocycles. The molecule has 4 heterocycles. The molecule has 0 atom stereocenters. The summed E-state index contributed by atoms with van der Waals surface area (Å²) in [6.07, 6.45) is 4.54. The van der Waals surface area contributed by atoms with Crippen LogP contribution in [0.3, 0.4) is 0 Å². The van der Waals surface area contributed by atoms with Crippen molar-refractivity contribution in [3.05, 3.63) is 108 Å². The zero-order valence-corrected chi connectivity index (χ0v) is 35.4. The first-order valence-corrected chi connectivity index (χ1v) is 17.8. The molecule has 0 radical (unpaired) electrons. The van der Waals surface area contributed by atoms with E-state index in [0.717, 1.165) is 88.5 Å². The van der Waals surface area contributed by atoms with E-state index < -0.39 is 0 Å². The number of halogens is 4. The van der Waals surface area contributed by atoms with Gasteiger partial charge in [-0.05, 0) is 86.6 Å². The fourth-order valence-corrected chi connectivity index (χ4v) is 6.03. The minimum Gasteiger partial charge on any atom is -0.412 e. The quantitative estimate of drug-likeness (QED) is 0.168. The average Bonchev–Trinajstić information content (AvgIpc) is 3.18. The molecule has 0 saturated carbocycles. The fraction of sp³-hybridized carbons (Fsp3) is 0.350. The van der Waals surface area contributed by atoms with Gasteiger partial charge in [-0.3, -0.25) is 29.0 Å². The summed E-state index contributed by atoms with van der Waals surface area (Å²) in [4.78, 5) is 64.7. The smallest absolute Gasteiger partial charge is 0.225 e. The first-order chi connectivity index (χ1) is 25.2. The molecule has 17 heteroatoms. The van der Waals surface area contributed by atoms with Crippen molar-refractivity contribution >= 4 is 96.0 Å². The molecule has 4 aromatic rings. The number of nitrogens with one attached hydrogen (secondary N) is 2. The van der Waals surface area contributed by atoms with Gasteiger partial charge < -0.3 is 25.9 Å². The molecule has 2 aromatic heterocycles. The number of amides is 2. The Morgan fingerprint density at radius 1 is 0.509 bits per heavy atom. The fourth-order valence-electron chi connectivity index (χ4n) is 6.03. The number of carbonyl (C=O) groups excluding carboxylic acids is 4. The number of rotatable bonds is 12. The Morgan fingerprint density at radius 2 is 0.842 bits per heavy atom. The van der Waals surface area contributed by atoms with Gasteiger partial charge >= 0.3 is 0 Å². The second-order valence-electron chi connectivity index (χ2n) is 12.9. The van der Waals surface area contributed by atoms with Gasteiger partial charge in [0.05, 0.1) is 0 Å². The minimum atomic E-state index is -0.00673. The van der Waals surface area contributed by atoms with E-state index in [-0.39, 0.29) is 78.5 Å². The Bertz CT molecular complexity index is 1630. The van der Waals surface area contributed by atoms with Gasteiger partial charge in [-0.1, -0.05) is 12.1 Å². The molecule has 57 heavy (non-hydrogen) atoms. The number of aromatic nitrogens is 2. The molecular weight excluding hydrogens is 814 g/mol. The highest BCUT2D eigenvalue weighted by Gasteiger charge is 2.20. The van der Waals surface area contributed by atoms with Gasteiger partial charge in [0.1, 0.15) is 11.6 Å². The number of hydrogen-bond donors (Lipinski definition) is 2. The van der Waals surface area contributed by atoms with Crippen LogP contribution in [0.15, 0.2) is 97.3 Å². The largest absolute Gasteiger partial charge is 0.412 e. The third-order valence-electron chi connectivity index (χ3n) is 9.15. The molecule has 13 nitrogen and oxygen atoms in total. The van der Waals surface area contributed by atoms with Crippen LogP contribution in [-0.4, -0.2) is 114 Å². The third kappa shape index (κ3) is 17.4. The summed E-state index contributed by atoms with van der Waals surface area (Å²) in [6, 6.07) is 25.9. The van der Waals surface area contributed by atoms with E-state index in [1.54, 1.807) is 48.5 Å². The molecule has 0 unspecified atom stereocenters. The lowest BCUT2D eigenvalue weighted by atomic mass is 10.1. The van der Waals surface area contributed by atoms with Gasteiger partial charge in [0.15, 0.2) is 11.6 Å². The first kappa shape index (κ1) is 52.7. The van der Waals surface area contributed by atoms with Crippen LogP contribution in [0, 0.1) is 0 Å². The van der Waals surface area contributed by atoms with E-state index in [2.05, 4.69) is 40.2 Å². The molecular formula is C40H54Cl4N8O5. The Hall–Kier alpha value is -4.34. The predicted molar refractivity (Wildman–Crippen MR) is 238 cm³/mol. The zero-order chi connectivity index (χ0) is 36.7. The summed E-state index contributed by atoms with van der Waals surface area (Å²) in [7, 11) is 0. The Balaban J connectivity index is 0.00000101. The normalized spacial score (nSPS) is 13.6. The van der Waals surface area contributed by atoms with Gasteiger partial charge in [-0.15, -0.1) is 49.6 Å². The van der Waals surface area contributed by atoms with Crippen LogP contribution in [0.4, 0.5) is 23.0 Å². The van der Waals surface area contributed by atoms with Gasteiger partial charge in [0.2, 0.25) is 11.8 Å². The number of anilines is 4. The average molecular weight is 869 g/mol. The Kier molecular flexibility index (Phi) is 25.2. The zero-order valence-electron chi connectivity index (χ0n) is 32.2. The standard InChI is InChI=1S/2C20H24N4O2.4ClH.H2O/c2*1-16(25)17-5-7-18(8-6-17)22-20(26)9-11-23-12-14-24(15-13-23)19-4-2-3-10-21-19;;;;;/h2*2-8,10H,9,11-15H2,1H3,(H,22,26);4*1H;1H2. The van der Waals surface area contributed by atoms with E-state index in [1.807, 2.05) is 48.8 Å². The van der Waals surface area contributed by atoms with Crippen LogP contribution in [0.5, 0.6) is 0 Å². The van der Waals surface area contributed by atoms with Crippen molar-refractivity contribution in [2.24, 2.45) is 0 Å². The van der Waals surface area contributed by atoms with Gasteiger partial charge in [0, 0.05) is 113 Å². The molecule has 2 amide bonds. The van der Waals surface area contributed by atoms with E-state index >= 15 is 0 Å². The van der Waals surface area contributed by atoms with Crippen LogP contribution in [0.2, 0.25) is 0 Å². The molecule has 6 rings (SSSR count). The summed E-state index contributed by atoms with van der Waals surface area (Å²) < 4.78 is 0. The topological polar surface area (TPSA) is 163 Å². The van der Waals surface area contributed by atoms with Crippen molar-refractivity contribution < 1.29 is 24.7 Å². The molecule has 2 aliphatic rings. The number of carbonyl (C=O) groups is 4. The summed E-state index contributed by atoms with van der Waals surface area (Å²) in [5.74, 6) is 2.05. The molecule has 2 saturated heterocycles.